The molecule has 6 heteroatoms. The highest BCUT2D eigenvalue weighted by Crippen LogP contribution is 2.16. The second kappa shape index (κ2) is 7.79. The van der Waals surface area contributed by atoms with Gasteiger partial charge in [0.1, 0.15) is 11.6 Å². The fourth-order valence-electron chi connectivity index (χ4n) is 2.44. The van der Waals surface area contributed by atoms with Gasteiger partial charge in [0.15, 0.2) is 6.10 Å². The maximum absolute atomic E-state index is 12.2. The Morgan fingerprint density at radius 2 is 1.96 bits per heavy atom. The summed E-state index contributed by atoms with van der Waals surface area (Å²) in [6.45, 7) is 4.82. The van der Waals surface area contributed by atoms with Crippen LogP contribution in [0.1, 0.15) is 6.92 Å². The molecule has 1 fully saturated rings. The molecule has 1 aliphatic rings. The van der Waals surface area contributed by atoms with Crippen molar-refractivity contribution in [1.82, 2.24) is 4.98 Å². The summed E-state index contributed by atoms with van der Waals surface area (Å²) in [5, 5.41) is 2.82. The molecule has 1 atom stereocenters. The molecule has 126 valence electrons. The molecule has 1 N–H and O–H groups in total. The monoisotopic (exact) mass is 327 g/mol. The standard InChI is InChI=1S/C18H21N3O3/c1-14(24-16-5-3-2-4-6-16)18(22)20-15-7-8-17(19-13-15)21-9-11-23-12-10-21/h2-8,13-14H,9-12H2,1H3,(H,20,22)/t14-/m1/s1. The zero-order valence-corrected chi connectivity index (χ0v) is 13.6. The van der Waals surface area contributed by atoms with Gasteiger partial charge in [-0.05, 0) is 31.2 Å². The summed E-state index contributed by atoms with van der Waals surface area (Å²) < 4.78 is 10.9. The highest BCUT2D eigenvalue weighted by molar-refractivity contribution is 5.94. The van der Waals surface area contributed by atoms with Crippen LogP contribution in [0.3, 0.4) is 0 Å². The van der Waals surface area contributed by atoms with E-state index in [1.807, 2.05) is 42.5 Å². The van der Waals surface area contributed by atoms with Gasteiger partial charge in [-0.2, -0.15) is 0 Å². The number of rotatable bonds is 5. The van der Waals surface area contributed by atoms with Gasteiger partial charge in [0, 0.05) is 13.1 Å². The molecule has 1 saturated heterocycles. The van der Waals surface area contributed by atoms with Crippen LogP contribution in [-0.2, 0) is 9.53 Å². The maximum Gasteiger partial charge on any atom is 0.265 e. The Morgan fingerprint density at radius 1 is 1.21 bits per heavy atom. The highest BCUT2D eigenvalue weighted by atomic mass is 16.5. The summed E-state index contributed by atoms with van der Waals surface area (Å²) in [6.07, 6.45) is 1.07. The summed E-state index contributed by atoms with van der Waals surface area (Å²) in [7, 11) is 0. The van der Waals surface area contributed by atoms with Gasteiger partial charge in [0.2, 0.25) is 0 Å². The quantitative estimate of drug-likeness (QED) is 0.913. The molecule has 0 spiro atoms. The van der Waals surface area contributed by atoms with Gasteiger partial charge in [-0.15, -0.1) is 0 Å². The Morgan fingerprint density at radius 3 is 2.62 bits per heavy atom. The number of nitrogens with zero attached hydrogens (tertiary/aromatic N) is 2. The Balaban J connectivity index is 1.55. The molecule has 0 radical (unpaired) electrons. The molecule has 2 aromatic rings. The second-order valence-corrected chi connectivity index (χ2v) is 5.57. The van der Waals surface area contributed by atoms with Crippen LogP contribution in [0.2, 0.25) is 0 Å². The Hall–Kier alpha value is -2.60. The number of carbonyl (C=O) groups excluding carboxylic acids is 1. The number of nitrogens with one attached hydrogen (secondary N) is 1. The predicted octanol–water partition coefficient (Wildman–Crippen LogP) is 2.32. The number of pyridine rings is 1. The smallest absolute Gasteiger partial charge is 0.265 e. The highest BCUT2D eigenvalue weighted by Gasteiger charge is 2.16. The summed E-state index contributed by atoms with van der Waals surface area (Å²) in [5.41, 5.74) is 0.653. The first-order valence-electron chi connectivity index (χ1n) is 8.04. The first kappa shape index (κ1) is 16.3. The number of hydrogen-bond acceptors (Lipinski definition) is 5. The maximum atomic E-state index is 12.2. The van der Waals surface area contributed by atoms with Crippen LogP contribution in [0.15, 0.2) is 48.7 Å². The van der Waals surface area contributed by atoms with Crippen molar-refractivity contribution in [3.63, 3.8) is 0 Å². The molecule has 1 amide bonds. The molecule has 3 rings (SSSR count). The third kappa shape index (κ3) is 4.23. The molecule has 6 nitrogen and oxygen atoms in total. The predicted molar refractivity (Wildman–Crippen MR) is 92.4 cm³/mol. The van der Waals surface area contributed by atoms with E-state index in [-0.39, 0.29) is 5.91 Å². The van der Waals surface area contributed by atoms with E-state index in [0.717, 1.165) is 18.9 Å². The van der Waals surface area contributed by atoms with Gasteiger partial charge < -0.3 is 19.7 Å². The molecular weight excluding hydrogens is 306 g/mol. The van der Waals surface area contributed by atoms with Crippen molar-refractivity contribution < 1.29 is 14.3 Å². The summed E-state index contributed by atoms with van der Waals surface area (Å²) in [5.74, 6) is 1.35. The normalized spacial score (nSPS) is 15.6. The number of amides is 1. The fraction of sp³-hybridized carbons (Fsp3) is 0.333. The van der Waals surface area contributed by atoms with Crippen LogP contribution in [-0.4, -0.2) is 43.3 Å². The molecule has 0 saturated carbocycles. The fourth-order valence-corrected chi connectivity index (χ4v) is 2.44. The van der Waals surface area contributed by atoms with Crippen LogP contribution < -0.4 is 15.0 Å². The number of para-hydroxylation sites is 1. The third-order valence-electron chi connectivity index (χ3n) is 3.78. The van der Waals surface area contributed by atoms with E-state index in [1.165, 1.54) is 0 Å². The van der Waals surface area contributed by atoms with Crippen LogP contribution in [0.25, 0.3) is 0 Å². The SMILES string of the molecule is C[C@@H](Oc1ccccc1)C(=O)Nc1ccc(N2CCOCC2)nc1. The first-order valence-corrected chi connectivity index (χ1v) is 8.04. The van der Waals surface area contributed by atoms with E-state index in [4.69, 9.17) is 9.47 Å². The third-order valence-corrected chi connectivity index (χ3v) is 3.78. The Bertz CT molecular complexity index is 655. The van der Waals surface area contributed by atoms with Crippen LogP contribution >= 0.6 is 0 Å². The van der Waals surface area contributed by atoms with E-state index in [9.17, 15) is 4.79 Å². The van der Waals surface area contributed by atoms with E-state index < -0.39 is 6.10 Å². The summed E-state index contributed by atoms with van der Waals surface area (Å²) in [4.78, 5) is 18.8. The van der Waals surface area contributed by atoms with Crippen molar-refractivity contribution in [2.24, 2.45) is 0 Å². The average Bonchev–Trinajstić information content (AvgIpc) is 2.64. The van der Waals surface area contributed by atoms with E-state index >= 15 is 0 Å². The number of ether oxygens (including phenoxy) is 2. The first-order chi connectivity index (χ1) is 11.7. The molecule has 0 unspecified atom stereocenters. The van der Waals surface area contributed by atoms with Crippen molar-refractivity contribution in [3.8, 4) is 5.75 Å². The number of carbonyl (C=O) groups is 1. The number of benzene rings is 1. The molecule has 0 bridgehead atoms. The zero-order valence-electron chi connectivity index (χ0n) is 13.6. The lowest BCUT2D eigenvalue weighted by atomic mass is 10.3. The van der Waals surface area contributed by atoms with E-state index in [0.29, 0.717) is 24.7 Å². The number of aromatic nitrogens is 1. The molecule has 1 aromatic carbocycles. The van der Waals surface area contributed by atoms with Gasteiger partial charge in [-0.3, -0.25) is 4.79 Å². The molecule has 1 aromatic heterocycles. The summed E-state index contributed by atoms with van der Waals surface area (Å²) in [6, 6.07) is 13.0. The second-order valence-electron chi connectivity index (χ2n) is 5.57. The van der Waals surface area contributed by atoms with Gasteiger partial charge in [-0.1, -0.05) is 18.2 Å². The zero-order chi connectivity index (χ0) is 16.8. The van der Waals surface area contributed by atoms with E-state index in [1.54, 1.807) is 13.1 Å². The van der Waals surface area contributed by atoms with Crippen molar-refractivity contribution >= 4 is 17.4 Å². The minimum atomic E-state index is -0.591. The van der Waals surface area contributed by atoms with Crippen LogP contribution in [0, 0.1) is 0 Å². The van der Waals surface area contributed by atoms with Crippen LogP contribution in [0.4, 0.5) is 11.5 Å². The topological polar surface area (TPSA) is 63.7 Å². The van der Waals surface area contributed by atoms with Gasteiger partial charge in [0.05, 0.1) is 25.1 Å². The van der Waals surface area contributed by atoms with Gasteiger partial charge in [0.25, 0.3) is 5.91 Å². The minimum Gasteiger partial charge on any atom is -0.481 e. The summed E-state index contributed by atoms with van der Waals surface area (Å²) >= 11 is 0. The van der Waals surface area contributed by atoms with Crippen molar-refractivity contribution in [2.75, 3.05) is 36.5 Å². The van der Waals surface area contributed by atoms with Gasteiger partial charge in [-0.25, -0.2) is 4.98 Å². The van der Waals surface area contributed by atoms with Gasteiger partial charge >= 0.3 is 0 Å². The van der Waals surface area contributed by atoms with Crippen molar-refractivity contribution in [1.29, 1.82) is 0 Å². The Labute approximate surface area is 141 Å². The minimum absolute atomic E-state index is 0.209. The molecule has 0 aliphatic carbocycles. The molecule has 24 heavy (non-hydrogen) atoms. The van der Waals surface area contributed by atoms with Crippen LogP contribution in [0.5, 0.6) is 5.75 Å². The van der Waals surface area contributed by atoms with Crippen molar-refractivity contribution in [2.45, 2.75) is 13.0 Å². The van der Waals surface area contributed by atoms with Crippen molar-refractivity contribution in [3.05, 3.63) is 48.7 Å². The largest absolute Gasteiger partial charge is 0.481 e. The number of morpholine rings is 1. The molecule has 1 aliphatic heterocycles. The lowest BCUT2D eigenvalue weighted by Crippen LogP contribution is -2.36. The molecule has 2 heterocycles. The average molecular weight is 327 g/mol. The molecular formula is C18H21N3O3. The number of hydrogen-bond donors (Lipinski definition) is 1. The number of anilines is 2. The lowest BCUT2D eigenvalue weighted by Gasteiger charge is -2.27. The van der Waals surface area contributed by atoms with E-state index in [2.05, 4.69) is 15.2 Å². The lowest BCUT2D eigenvalue weighted by molar-refractivity contribution is -0.122. The Kier molecular flexibility index (Phi) is 5.28.